The lowest BCUT2D eigenvalue weighted by molar-refractivity contribution is 0.0920. The monoisotopic (exact) mass is 516 g/mol. The second-order valence-electron chi connectivity index (χ2n) is 10.8. The summed E-state index contributed by atoms with van der Waals surface area (Å²) in [5, 5.41) is 9.85. The Morgan fingerprint density at radius 2 is 1.58 bits per heavy atom. The Labute approximate surface area is 217 Å². The molecule has 0 amide bonds. The number of aliphatic hydroxyl groups excluding tert-OH is 1. The summed E-state index contributed by atoms with van der Waals surface area (Å²) >= 11 is 0. The SMILES string of the molecule is COC[C@H](C)Oc1cc(O[Si](C(C)C)(C(C)C)C(C)C)cc(-c2ccc(C3=N[C@H]([C@@H](C)O)CO3)[nH]2)c1. The van der Waals surface area contributed by atoms with Gasteiger partial charge in [0.25, 0.3) is 8.32 Å². The number of aromatic amines is 1. The van der Waals surface area contributed by atoms with Crippen molar-refractivity contribution >= 4 is 14.2 Å². The van der Waals surface area contributed by atoms with Crippen molar-refractivity contribution in [1.82, 2.24) is 4.98 Å². The van der Waals surface area contributed by atoms with Crippen LogP contribution in [0.2, 0.25) is 16.6 Å². The number of hydrogen-bond acceptors (Lipinski definition) is 6. The molecule has 2 N–H and O–H groups in total. The zero-order valence-corrected chi connectivity index (χ0v) is 24.3. The van der Waals surface area contributed by atoms with Gasteiger partial charge in [-0.15, -0.1) is 0 Å². The zero-order valence-electron chi connectivity index (χ0n) is 23.3. The van der Waals surface area contributed by atoms with Crippen molar-refractivity contribution in [2.75, 3.05) is 20.3 Å². The summed E-state index contributed by atoms with van der Waals surface area (Å²) in [6, 6.07) is 9.84. The third kappa shape index (κ3) is 6.15. The van der Waals surface area contributed by atoms with Crippen molar-refractivity contribution in [3.8, 4) is 22.8 Å². The van der Waals surface area contributed by atoms with Crippen LogP contribution in [0.3, 0.4) is 0 Å². The lowest BCUT2D eigenvalue weighted by atomic mass is 10.1. The highest BCUT2D eigenvalue weighted by atomic mass is 28.4. The molecule has 0 saturated carbocycles. The van der Waals surface area contributed by atoms with Crippen LogP contribution in [-0.4, -0.2) is 62.9 Å². The highest BCUT2D eigenvalue weighted by Crippen LogP contribution is 2.44. The fourth-order valence-electron chi connectivity index (χ4n) is 5.39. The number of aliphatic hydroxyl groups is 1. The normalized spacial score (nSPS) is 17.9. The molecule has 1 aliphatic heterocycles. The van der Waals surface area contributed by atoms with E-state index in [1.54, 1.807) is 14.0 Å². The molecule has 36 heavy (non-hydrogen) atoms. The summed E-state index contributed by atoms with van der Waals surface area (Å²) in [5.74, 6) is 2.09. The van der Waals surface area contributed by atoms with Crippen molar-refractivity contribution in [1.29, 1.82) is 0 Å². The van der Waals surface area contributed by atoms with Gasteiger partial charge in [0.15, 0.2) is 0 Å². The Kier molecular flexibility index (Phi) is 9.30. The molecule has 2 aromatic rings. The number of nitrogens with zero attached hydrogens (tertiary/aromatic N) is 1. The molecule has 1 aromatic carbocycles. The smallest absolute Gasteiger partial charge is 0.258 e. The number of benzene rings is 1. The predicted molar refractivity (Wildman–Crippen MR) is 148 cm³/mol. The number of ether oxygens (including phenoxy) is 3. The Morgan fingerprint density at radius 3 is 2.14 bits per heavy atom. The fraction of sp³-hybridized carbons (Fsp3) is 0.607. The van der Waals surface area contributed by atoms with Gasteiger partial charge in [0, 0.05) is 24.4 Å². The highest BCUT2D eigenvalue weighted by Gasteiger charge is 2.47. The number of aliphatic imine (C=N–C) groups is 1. The summed E-state index contributed by atoms with van der Waals surface area (Å²) in [6.45, 7) is 18.3. The van der Waals surface area contributed by atoms with Crippen molar-refractivity contribution in [2.24, 2.45) is 4.99 Å². The first-order valence-corrected chi connectivity index (χ1v) is 15.2. The van der Waals surface area contributed by atoms with Crippen molar-refractivity contribution in [3.05, 3.63) is 36.0 Å². The molecule has 8 heteroatoms. The molecule has 200 valence electrons. The van der Waals surface area contributed by atoms with Gasteiger partial charge in [0.2, 0.25) is 5.90 Å². The van der Waals surface area contributed by atoms with E-state index < -0.39 is 14.4 Å². The van der Waals surface area contributed by atoms with Gasteiger partial charge in [-0.25, -0.2) is 4.99 Å². The molecular weight excluding hydrogens is 472 g/mol. The third-order valence-electron chi connectivity index (χ3n) is 7.08. The van der Waals surface area contributed by atoms with Crippen molar-refractivity contribution < 1.29 is 23.7 Å². The predicted octanol–water partition coefficient (Wildman–Crippen LogP) is 6.18. The van der Waals surface area contributed by atoms with Gasteiger partial charge in [-0.1, -0.05) is 41.5 Å². The van der Waals surface area contributed by atoms with E-state index in [0.29, 0.717) is 35.7 Å². The van der Waals surface area contributed by atoms with Gasteiger partial charge in [-0.2, -0.15) is 0 Å². The van der Waals surface area contributed by atoms with Gasteiger partial charge in [0.1, 0.15) is 35.9 Å². The minimum atomic E-state index is -2.16. The van der Waals surface area contributed by atoms with E-state index >= 15 is 0 Å². The Morgan fingerprint density at radius 1 is 0.972 bits per heavy atom. The number of rotatable bonds is 12. The van der Waals surface area contributed by atoms with Crippen LogP contribution in [0, 0.1) is 0 Å². The van der Waals surface area contributed by atoms with Crippen LogP contribution < -0.4 is 9.16 Å². The molecule has 0 fully saturated rings. The minimum Gasteiger partial charge on any atom is -0.543 e. The van der Waals surface area contributed by atoms with E-state index in [2.05, 4.69) is 57.6 Å². The molecule has 3 atom stereocenters. The van der Waals surface area contributed by atoms with E-state index in [-0.39, 0.29) is 12.1 Å². The van der Waals surface area contributed by atoms with Crippen LogP contribution in [0.5, 0.6) is 11.5 Å². The Balaban J connectivity index is 2.01. The van der Waals surface area contributed by atoms with Crippen LogP contribution >= 0.6 is 0 Å². The van der Waals surface area contributed by atoms with Gasteiger partial charge in [0.05, 0.1) is 12.7 Å². The molecule has 0 aliphatic carbocycles. The minimum absolute atomic E-state index is 0.0988. The Hall–Kier alpha value is -2.29. The van der Waals surface area contributed by atoms with E-state index in [1.165, 1.54) is 0 Å². The summed E-state index contributed by atoms with van der Waals surface area (Å²) in [4.78, 5) is 7.95. The van der Waals surface area contributed by atoms with Crippen LogP contribution in [0.15, 0.2) is 35.3 Å². The molecule has 1 aliphatic rings. The fourth-order valence-corrected chi connectivity index (χ4v) is 10.6. The number of nitrogens with one attached hydrogen (secondary N) is 1. The number of methoxy groups -OCH3 is 1. The second-order valence-corrected chi connectivity index (χ2v) is 16.2. The average molecular weight is 517 g/mol. The average Bonchev–Trinajstić information content (AvgIpc) is 3.46. The molecule has 3 rings (SSSR count). The number of aromatic nitrogens is 1. The molecule has 7 nitrogen and oxygen atoms in total. The summed E-state index contributed by atoms with van der Waals surface area (Å²) in [5.41, 5.74) is 4.02. The number of hydrogen-bond donors (Lipinski definition) is 2. The second kappa shape index (κ2) is 11.8. The number of H-pyrrole nitrogens is 1. The van der Waals surface area contributed by atoms with Crippen molar-refractivity contribution in [3.63, 3.8) is 0 Å². The standard InChI is InChI=1S/C28H44N2O5Si/c1-17(2)36(18(3)4,19(5)6)35-24-13-22(12-23(14-24)34-20(7)15-32-9)25-10-11-26(29-25)28-30-27(16-33-28)21(8)31/h10-14,17-21,27,29,31H,15-16H2,1-9H3/t20-,21+,27-/m0/s1. The van der Waals surface area contributed by atoms with Gasteiger partial charge < -0.3 is 28.7 Å². The summed E-state index contributed by atoms with van der Waals surface area (Å²) in [6.07, 6.45) is -0.648. The maximum atomic E-state index is 9.85. The largest absolute Gasteiger partial charge is 0.543 e. The van der Waals surface area contributed by atoms with E-state index in [0.717, 1.165) is 28.5 Å². The van der Waals surface area contributed by atoms with Crippen LogP contribution in [0.4, 0.5) is 0 Å². The molecule has 0 radical (unpaired) electrons. The lowest BCUT2D eigenvalue weighted by Crippen LogP contribution is -2.50. The summed E-state index contributed by atoms with van der Waals surface area (Å²) in [7, 11) is -0.482. The molecular formula is C28H44N2O5Si. The van der Waals surface area contributed by atoms with E-state index in [1.807, 2.05) is 31.2 Å². The van der Waals surface area contributed by atoms with E-state index in [4.69, 9.17) is 18.6 Å². The van der Waals surface area contributed by atoms with Gasteiger partial charge in [-0.3, -0.25) is 0 Å². The van der Waals surface area contributed by atoms with E-state index in [9.17, 15) is 5.11 Å². The van der Waals surface area contributed by atoms with Crippen LogP contribution in [-0.2, 0) is 9.47 Å². The molecule has 2 heterocycles. The first kappa shape index (κ1) is 28.3. The third-order valence-corrected chi connectivity index (χ3v) is 13.1. The molecule has 0 spiro atoms. The highest BCUT2D eigenvalue weighted by molar-refractivity contribution is 6.78. The molecule has 0 bridgehead atoms. The van der Waals surface area contributed by atoms with Crippen molar-refractivity contribution in [2.45, 2.75) is 90.3 Å². The van der Waals surface area contributed by atoms with Gasteiger partial charge in [-0.05, 0) is 54.7 Å². The first-order valence-electron chi connectivity index (χ1n) is 13.1. The lowest BCUT2D eigenvalue weighted by Gasteiger charge is -2.42. The molecule has 1 aromatic heterocycles. The molecule has 0 unspecified atom stereocenters. The van der Waals surface area contributed by atoms with Crippen LogP contribution in [0.1, 0.15) is 61.1 Å². The van der Waals surface area contributed by atoms with Crippen LogP contribution in [0.25, 0.3) is 11.3 Å². The van der Waals surface area contributed by atoms with Gasteiger partial charge >= 0.3 is 0 Å². The summed E-state index contributed by atoms with van der Waals surface area (Å²) < 4.78 is 24.3. The Bertz CT molecular complexity index is 1010. The first-order chi connectivity index (χ1) is 17.0. The molecule has 0 saturated heterocycles. The maximum Gasteiger partial charge on any atom is 0.258 e. The zero-order chi connectivity index (χ0) is 26.6. The maximum absolute atomic E-state index is 9.85. The topological polar surface area (TPSA) is 85.3 Å². The quantitative estimate of drug-likeness (QED) is 0.329.